The highest BCUT2D eigenvalue weighted by atomic mass is 16.6. The van der Waals surface area contributed by atoms with Crippen molar-refractivity contribution in [2.45, 2.75) is 20.4 Å². The second kappa shape index (κ2) is 5.79. The van der Waals surface area contributed by atoms with E-state index in [2.05, 4.69) is 5.32 Å². The third kappa shape index (κ3) is 4.06. The van der Waals surface area contributed by atoms with Gasteiger partial charge in [0.05, 0.1) is 4.92 Å². The summed E-state index contributed by atoms with van der Waals surface area (Å²) in [5.74, 6) is -0.0578. The molecular formula is C12H14N2O3. The Kier molecular flexibility index (Phi) is 4.39. The maximum Gasteiger partial charge on any atom is 0.274 e. The Morgan fingerprint density at radius 1 is 1.41 bits per heavy atom. The number of nitro groups is 1. The molecule has 17 heavy (non-hydrogen) atoms. The number of nitrogens with one attached hydrogen (secondary N) is 1. The quantitative estimate of drug-likeness (QED) is 0.481. The molecule has 0 aliphatic carbocycles. The molecular weight excluding hydrogens is 220 g/mol. The van der Waals surface area contributed by atoms with E-state index in [-0.39, 0.29) is 11.5 Å². The topological polar surface area (TPSA) is 72.2 Å². The number of rotatable bonds is 5. The monoisotopic (exact) mass is 234 g/mol. The normalized spacial score (nSPS) is 11.1. The van der Waals surface area contributed by atoms with Gasteiger partial charge in [-0.3, -0.25) is 14.9 Å². The van der Waals surface area contributed by atoms with Crippen molar-refractivity contribution in [3.8, 4) is 0 Å². The van der Waals surface area contributed by atoms with Crippen LogP contribution in [0.3, 0.4) is 0 Å². The van der Waals surface area contributed by atoms with Crippen molar-refractivity contribution in [3.63, 3.8) is 0 Å². The van der Waals surface area contributed by atoms with Crippen molar-refractivity contribution in [1.82, 2.24) is 5.32 Å². The number of nitro benzene ring substituents is 1. The van der Waals surface area contributed by atoms with Gasteiger partial charge in [-0.25, -0.2) is 0 Å². The van der Waals surface area contributed by atoms with Crippen molar-refractivity contribution in [3.05, 3.63) is 51.7 Å². The number of carbonyl (C=O) groups is 1. The fourth-order valence-electron chi connectivity index (χ4n) is 1.43. The number of ketones is 1. The van der Waals surface area contributed by atoms with Crippen molar-refractivity contribution in [2.24, 2.45) is 0 Å². The average Bonchev–Trinajstić information content (AvgIpc) is 2.25. The van der Waals surface area contributed by atoms with Crippen LogP contribution in [0.25, 0.3) is 0 Å². The average molecular weight is 234 g/mol. The molecule has 0 bridgehead atoms. The first kappa shape index (κ1) is 12.9. The summed E-state index contributed by atoms with van der Waals surface area (Å²) in [4.78, 5) is 21.2. The molecule has 90 valence electrons. The third-order valence-electron chi connectivity index (χ3n) is 2.17. The van der Waals surface area contributed by atoms with E-state index in [0.29, 0.717) is 17.8 Å². The summed E-state index contributed by atoms with van der Waals surface area (Å²) < 4.78 is 0. The van der Waals surface area contributed by atoms with Crippen molar-refractivity contribution in [1.29, 1.82) is 0 Å². The van der Waals surface area contributed by atoms with Crippen LogP contribution in [0.1, 0.15) is 19.4 Å². The summed E-state index contributed by atoms with van der Waals surface area (Å²) in [7, 11) is 0. The van der Waals surface area contributed by atoms with Gasteiger partial charge >= 0.3 is 0 Å². The molecule has 5 nitrogen and oxygen atoms in total. The van der Waals surface area contributed by atoms with Crippen molar-refractivity contribution >= 4 is 11.5 Å². The van der Waals surface area contributed by atoms with E-state index < -0.39 is 4.92 Å². The molecule has 0 aliphatic heterocycles. The second-order valence-corrected chi connectivity index (χ2v) is 3.68. The summed E-state index contributed by atoms with van der Waals surface area (Å²) in [5.41, 5.74) is 1.36. The molecule has 0 fully saturated rings. The van der Waals surface area contributed by atoms with Gasteiger partial charge in [0.25, 0.3) is 5.69 Å². The van der Waals surface area contributed by atoms with Crippen LogP contribution < -0.4 is 5.32 Å². The van der Waals surface area contributed by atoms with Gasteiger partial charge in [-0.05, 0) is 19.9 Å². The van der Waals surface area contributed by atoms with Crippen LogP contribution in [0.4, 0.5) is 5.69 Å². The first-order valence-electron chi connectivity index (χ1n) is 5.15. The minimum Gasteiger partial charge on any atom is -0.384 e. The number of hydrogen-bond donors (Lipinski definition) is 1. The molecule has 0 aromatic heterocycles. The molecule has 0 amide bonds. The molecule has 0 heterocycles. The van der Waals surface area contributed by atoms with Gasteiger partial charge in [-0.1, -0.05) is 18.2 Å². The standard InChI is InChI=1S/C12H14N2O3/c1-9(7-10(2)15)13-8-11-5-3-4-6-12(11)14(16)17/h3-7,13H,8H2,1-2H3/b9-7-. The Bertz CT molecular complexity index is 467. The number of benzene rings is 1. The molecule has 0 atom stereocenters. The van der Waals surface area contributed by atoms with E-state index >= 15 is 0 Å². The number of hydrogen-bond acceptors (Lipinski definition) is 4. The number of carbonyl (C=O) groups excluding carboxylic acids is 1. The summed E-state index contributed by atoms with van der Waals surface area (Å²) in [6.45, 7) is 3.53. The molecule has 0 aliphatic rings. The minimum absolute atomic E-state index is 0.0578. The smallest absolute Gasteiger partial charge is 0.274 e. The van der Waals surface area contributed by atoms with E-state index in [1.54, 1.807) is 25.1 Å². The van der Waals surface area contributed by atoms with Crippen LogP contribution in [-0.4, -0.2) is 10.7 Å². The first-order valence-corrected chi connectivity index (χ1v) is 5.15. The van der Waals surface area contributed by atoms with Crippen LogP contribution in [-0.2, 0) is 11.3 Å². The van der Waals surface area contributed by atoms with Crippen LogP contribution >= 0.6 is 0 Å². The maximum atomic E-state index is 10.8. The van der Waals surface area contributed by atoms with Gasteiger partial charge in [-0.15, -0.1) is 0 Å². The molecule has 1 aromatic carbocycles. The predicted octanol–water partition coefficient (Wildman–Crippen LogP) is 2.18. The highest BCUT2D eigenvalue weighted by Gasteiger charge is 2.11. The van der Waals surface area contributed by atoms with Crippen LogP contribution in [0.2, 0.25) is 0 Å². The van der Waals surface area contributed by atoms with Crippen molar-refractivity contribution in [2.75, 3.05) is 0 Å². The van der Waals surface area contributed by atoms with E-state index in [9.17, 15) is 14.9 Å². The predicted molar refractivity (Wildman–Crippen MR) is 64.4 cm³/mol. The molecule has 0 saturated carbocycles. The first-order chi connectivity index (χ1) is 8.00. The fraction of sp³-hybridized carbons (Fsp3) is 0.250. The summed E-state index contributed by atoms with van der Waals surface area (Å²) in [6, 6.07) is 6.52. The zero-order valence-corrected chi connectivity index (χ0v) is 9.77. The van der Waals surface area contributed by atoms with Gasteiger partial charge in [-0.2, -0.15) is 0 Å². The largest absolute Gasteiger partial charge is 0.384 e. The fourth-order valence-corrected chi connectivity index (χ4v) is 1.43. The molecule has 0 radical (unpaired) electrons. The molecule has 0 unspecified atom stereocenters. The number of nitrogens with zero attached hydrogens (tertiary/aromatic N) is 1. The zero-order valence-electron chi connectivity index (χ0n) is 9.77. The Morgan fingerprint density at radius 3 is 2.65 bits per heavy atom. The Morgan fingerprint density at radius 2 is 2.06 bits per heavy atom. The lowest BCUT2D eigenvalue weighted by Gasteiger charge is -2.06. The van der Waals surface area contributed by atoms with Crippen LogP contribution in [0.5, 0.6) is 0 Å². The van der Waals surface area contributed by atoms with Gasteiger partial charge in [0, 0.05) is 23.9 Å². The second-order valence-electron chi connectivity index (χ2n) is 3.68. The van der Waals surface area contributed by atoms with E-state index in [1.165, 1.54) is 19.1 Å². The van der Waals surface area contributed by atoms with Gasteiger partial charge in [0.2, 0.25) is 0 Å². The lowest BCUT2D eigenvalue weighted by Crippen LogP contribution is -2.12. The maximum absolute atomic E-state index is 10.8. The molecule has 0 spiro atoms. The summed E-state index contributed by atoms with van der Waals surface area (Å²) >= 11 is 0. The third-order valence-corrected chi connectivity index (χ3v) is 2.17. The minimum atomic E-state index is -0.416. The van der Waals surface area contributed by atoms with E-state index in [1.807, 2.05) is 0 Å². The van der Waals surface area contributed by atoms with E-state index in [0.717, 1.165) is 0 Å². The summed E-state index contributed by atoms with van der Waals surface area (Å²) in [6.07, 6.45) is 1.45. The van der Waals surface area contributed by atoms with Crippen LogP contribution in [0, 0.1) is 10.1 Å². The zero-order chi connectivity index (χ0) is 12.8. The van der Waals surface area contributed by atoms with Gasteiger partial charge < -0.3 is 5.32 Å². The molecule has 1 N–H and O–H groups in total. The molecule has 1 aromatic rings. The lowest BCUT2D eigenvalue weighted by atomic mass is 10.2. The number of allylic oxidation sites excluding steroid dienone is 2. The van der Waals surface area contributed by atoms with Crippen LogP contribution in [0.15, 0.2) is 36.0 Å². The SMILES string of the molecule is CC(=O)/C=C(/C)NCc1ccccc1[N+](=O)[O-]. The van der Waals surface area contributed by atoms with Crippen molar-refractivity contribution < 1.29 is 9.72 Å². The lowest BCUT2D eigenvalue weighted by molar-refractivity contribution is -0.385. The summed E-state index contributed by atoms with van der Waals surface area (Å²) in [5, 5.41) is 13.7. The Labute approximate surface area is 99.3 Å². The van der Waals surface area contributed by atoms with E-state index in [4.69, 9.17) is 0 Å². The molecule has 5 heteroatoms. The highest BCUT2D eigenvalue weighted by Crippen LogP contribution is 2.17. The number of para-hydroxylation sites is 1. The van der Waals surface area contributed by atoms with Gasteiger partial charge in [0.15, 0.2) is 5.78 Å². The molecule has 1 rings (SSSR count). The molecule has 0 saturated heterocycles. The Balaban J connectivity index is 2.76. The highest BCUT2D eigenvalue weighted by molar-refractivity contribution is 5.87. The Hall–Kier alpha value is -2.17. The van der Waals surface area contributed by atoms with Gasteiger partial charge in [0.1, 0.15) is 0 Å².